The van der Waals surface area contributed by atoms with Gasteiger partial charge >= 0.3 is 0 Å². The Labute approximate surface area is 153 Å². The first-order valence-electron chi connectivity index (χ1n) is 9.46. The van der Waals surface area contributed by atoms with Crippen molar-refractivity contribution in [3.05, 3.63) is 11.1 Å². The van der Waals surface area contributed by atoms with Gasteiger partial charge in [0, 0.05) is 30.0 Å². The number of nitrogens with zero attached hydrogens (tertiary/aromatic N) is 1. The van der Waals surface area contributed by atoms with E-state index in [0.717, 1.165) is 51.6 Å². The molecular weight excluding hydrogens is 336 g/mol. The summed E-state index contributed by atoms with van der Waals surface area (Å²) < 4.78 is 0. The van der Waals surface area contributed by atoms with Crippen molar-refractivity contribution in [1.29, 1.82) is 0 Å². The van der Waals surface area contributed by atoms with Gasteiger partial charge in [-0.15, -0.1) is 11.3 Å². The Balaban J connectivity index is 1.37. The number of piperidine rings is 1. The van der Waals surface area contributed by atoms with E-state index in [-0.39, 0.29) is 17.7 Å². The average Bonchev–Trinajstić information content (AvgIpc) is 3.11. The standard InChI is InChI=1S/C18H28N4O2S/c23-16(8-11-20-17(24)14-4-2-1-3-5-14)22-18-21-12-15(25-18)13-6-9-19-10-7-13/h12-14,19H,1-11H2,(H,20,24)(H,21,22,23). The van der Waals surface area contributed by atoms with Crippen LogP contribution in [-0.2, 0) is 9.59 Å². The maximum atomic E-state index is 12.1. The number of anilines is 1. The molecule has 0 aromatic carbocycles. The van der Waals surface area contributed by atoms with Gasteiger partial charge in [0.2, 0.25) is 11.8 Å². The molecule has 0 unspecified atom stereocenters. The Bertz CT molecular complexity index is 577. The van der Waals surface area contributed by atoms with E-state index >= 15 is 0 Å². The van der Waals surface area contributed by atoms with Crippen LogP contribution in [0.15, 0.2) is 6.20 Å². The van der Waals surface area contributed by atoms with Crippen molar-refractivity contribution in [3.8, 4) is 0 Å². The highest BCUT2D eigenvalue weighted by molar-refractivity contribution is 7.15. The first-order chi connectivity index (χ1) is 12.2. The second-order valence-electron chi connectivity index (χ2n) is 7.02. The summed E-state index contributed by atoms with van der Waals surface area (Å²) in [5, 5.41) is 9.78. The average molecular weight is 365 g/mol. The molecule has 1 aliphatic carbocycles. The third kappa shape index (κ3) is 5.51. The van der Waals surface area contributed by atoms with E-state index in [0.29, 0.717) is 24.0 Å². The highest BCUT2D eigenvalue weighted by atomic mass is 32.1. The van der Waals surface area contributed by atoms with Crippen molar-refractivity contribution in [3.63, 3.8) is 0 Å². The number of amides is 2. The Hall–Kier alpha value is -1.47. The molecule has 138 valence electrons. The number of nitrogens with one attached hydrogen (secondary N) is 3. The first kappa shape index (κ1) is 18.3. The molecule has 2 fully saturated rings. The summed E-state index contributed by atoms with van der Waals surface area (Å²) in [6.07, 6.45) is 9.92. The summed E-state index contributed by atoms with van der Waals surface area (Å²) in [5.74, 6) is 0.715. The molecule has 0 spiro atoms. The van der Waals surface area contributed by atoms with E-state index in [1.807, 2.05) is 6.20 Å². The molecule has 0 radical (unpaired) electrons. The fourth-order valence-corrected chi connectivity index (χ4v) is 4.63. The summed E-state index contributed by atoms with van der Waals surface area (Å²) >= 11 is 1.57. The van der Waals surface area contributed by atoms with Gasteiger partial charge in [-0.05, 0) is 44.7 Å². The van der Waals surface area contributed by atoms with E-state index < -0.39 is 0 Å². The lowest BCUT2D eigenvalue weighted by molar-refractivity contribution is -0.126. The van der Waals surface area contributed by atoms with Gasteiger partial charge in [-0.3, -0.25) is 9.59 Å². The summed E-state index contributed by atoms with van der Waals surface area (Å²) in [7, 11) is 0. The molecule has 1 saturated carbocycles. The van der Waals surface area contributed by atoms with Crippen molar-refractivity contribution in [2.45, 2.75) is 57.3 Å². The summed E-state index contributed by atoms with van der Waals surface area (Å²) in [6.45, 7) is 2.49. The third-order valence-electron chi connectivity index (χ3n) is 5.14. The van der Waals surface area contributed by atoms with Crippen LogP contribution in [0.4, 0.5) is 5.13 Å². The minimum absolute atomic E-state index is 0.0878. The maximum Gasteiger partial charge on any atom is 0.227 e. The Morgan fingerprint density at radius 1 is 1.16 bits per heavy atom. The van der Waals surface area contributed by atoms with Gasteiger partial charge in [0.25, 0.3) is 0 Å². The zero-order chi connectivity index (χ0) is 17.5. The second kappa shape index (κ2) is 9.29. The maximum absolute atomic E-state index is 12.1. The van der Waals surface area contributed by atoms with Crippen LogP contribution in [0.1, 0.15) is 62.2 Å². The lowest BCUT2D eigenvalue weighted by Crippen LogP contribution is -2.34. The zero-order valence-electron chi connectivity index (χ0n) is 14.7. The van der Waals surface area contributed by atoms with Crippen LogP contribution in [0.3, 0.4) is 0 Å². The van der Waals surface area contributed by atoms with Gasteiger partial charge in [0.1, 0.15) is 0 Å². The molecular formula is C18H28N4O2S. The lowest BCUT2D eigenvalue weighted by Gasteiger charge is -2.20. The SMILES string of the molecule is O=C(CCNC(=O)C1CCCCC1)Nc1ncc(C2CCNCC2)s1. The first-order valence-corrected chi connectivity index (χ1v) is 10.3. The molecule has 1 saturated heterocycles. The van der Waals surface area contributed by atoms with E-state index in [1.165, 1.54) is 11.3 Å². The predicted molar refractivity (Wildman–Crippen MR) is 99.8 cm³/mol. The van der Waals surface area contributed by atoms with Gasteiger partial charge in [0.05, 0.1) is 0 Å². The molecule has 2 amide bonds. The minimum atomic E-state index is -0.0878. The van der Waals surface area contributed by atoms with Crippen LogP contribution in [0, 0.1) is 5.92 Å². The molecule has 7 heteroatoms. The normalized spacial score (nSPS) is 19.5. The van der Waals surface area contributed by atoms with Crippen LogP contribution in [0.2, 0.25) is 0 Å². The highest BCUT2D eigenvalue weighted by Crippen LogP contribution is 2.31. The van der Waals surface area contributed by atoms with E-state index in [9.17, 15) is 9.59 Å². The summed E-state index contributed by atoms with van der Waals surface area (Å²) in [5.41, 5.74) is 0. The van der Waals surface area contributed by atoms with Crippen molar-refractivity contribution in [1.82, 2.24) is 15.6 Å². The molecule has 1 aromatic rings. The molecule has 3 rings (SSSR count). The third-order valence-corrected chi connectivity index (χ3v) is 6.21. The van der Waals surface area contributed by atoms with Gasteiger partial charge < -0.3 is 16.0 Å². The Morgan fingerprint density at radius 3 is 2.68 bits per heavy atom. The molecule has 2 heterocycles. The molecule has 6 nitrogen and oxygen atoms in total. The smallest absolute Gasteiger partial charge is 0.227 e. The van der Waals surface area contributed by atoms with Crippen LogP contribution in [0.5, 0.6) is 0 Å². The van der Waals surface area contributed by atoms with Gasteiger partial charge in [0.15, 0.2) is 5.13 Å². The van der Waals surface area contributed by atoms with E-state index in [2.05, 4.69) is 20.9 Å². The summed E-state index contributed by atoms with van der Waals surface area (Å²) in [4.78, 5) is 29.7. The number of carbonyl (C=O) groups excluding carboxylic acids is 2. The zero-order valence-corrected chi connectivity index (χ0v) is 15.5. The summed E-state index contributed by atoms with van der Waals surface area (Å²) in [6, 6.07) is 0. The van der Waals surface area contributed by atoms with Crippen molar-refractivity contribution < 1.29 is 9.59 Å². The highest BCUT2D eigenvalue weighted by Gasteiger charge is 2.21. The Morgan fingerprint density at radius 2 is 1.92 bits per heavy atom. The fourth-order valence-electron chi connectivity index (χ4n) is 3.63. The number of carbonyl (C=O) groups is 2. The number of hydrogen-bond acceptors (Lipinski definition) is 5. The molecule has 0 bridgehead atoms. The molecule has 2 aliphatic rings. The number of thiazole rings is 1. The van der Waals surface area contributed by atoms with E-state index in [1.54, 1.807) is 11.3 Å². The van der Waals surface area contributed by atoms with Crippen molar-refractivity contribution in [2.75, 3.05) is 25.0 Å². The second-order valence-corrected chi connectivity index (χ2v) is 8.08. The Kier molecular flexibility index (Phi) is 6.81. The fraction of sp³-hybridized carbons (Fsp3) is 0.722. The topological polar surface area (TPSA) is 83.1 Å². The van der Waals surface area contributed by atoms with Crippen LogP contribution < -0.4 is 16.0 Å². The molecule has 0 atom stereocenters. The molecule has 3 N–H and O–H groups in total. The largest absolute Gasteiger partial charge is 0.355 e. The number of hydrogen-bond donors (Lipinski definition) is 3. The van der Waals surface area contributed by atoms with Crippen molar-refractivity contribution in [2.24, 2.45) is 5.92 Å². The number of rotatable bonds is 6. The van der Waals surface area contributed by atoms with Crippen LogP contribution in [-0.4, -0.2) is 36.4 Å². The van der Waals surface area contributed by atoms with Crippen LogP contribution >= 0.6 is 11.3 Å². The van der Waals surface area contributed by atoms with Crippen LogP contribution in [0.25, 0.3) is 0 Å². The number of aromatic nitrogens is 1. The lowest BCUT2D eigenvalue weighted by atomic mass is 9.89. The molecule has 1 aromatic heterocycles. The van der Waals surface area contributed by atoms with Gasteiger partial charge in [-0.25, -0.2) is 4.98 Å². The molecule has 25 heavy (non-hydrogen) atoms. The monoisotopic (exact) mass is 364 g/mol. The predicted octanol–water partition coefficient (Wildman–Crippen LogP) is 2.64. The quantitative estimate of drug-likeness (QED) is 0.725. The van der Waals surface area contributed by atoms with E-state index in [4.69, 9.17) is 0 Å². The minimum Gasteiger partial charge on any atom is -0.355 e. The van der Waals surface area contributed by atoms with Gasteiger partial charge in [-0.2, -0.15) is 0 Å². The van der Waals surface area contributed by atoms with Crippen molar-refractivity contribution >= 4 is 28.3 Å². The molecule has 1 aliphatic heterocycles. The van der Waals surface area contributed by atoms with Gasteiger partial charge in [-0.1, -0.05) is 19.3 Å².